The third-order valence-electron chi connectivity index (χ3n) is 18.6. The van der Waals surface area contributed by atoms with Gasteiger partial charge in [0, 0.05) is 25.7 Å². The quantitative estimate of drug-likeness (QED) is 0.0222. The molecule has 2 unspecified atom stereocenters. The smallest absolute Gasteiger partial charge is 0.462 e. The number of hydrogen-bond acceptors (Lipinski definition) is 15. The molecule has 98 heavy (non-hydrogen) atoms. The van der Waals surface area contributed by atoms with Crippen LogP contribution >= 0.6 is 15.6 Å². The molecule has 0 aliphatic carbocycles. The summed E-state index contributed by atoms with van der Waals surface area (Å²) in [7, 11) is -9.91. The molecule has 0 spiro atoms. The van der Waals surface area contributed by atoms with Gasteiger partial charge in [-0.25, -0.2) is 9.13 Å². The number of aliphatic hydroxyl groups excluding tert-OH is 1. The molecule has 582 valence electrons. The average molecular weight is 1440 g/mol. The highest BCUT2D eigenvalue weighted by Crippen LogP contribution is 2.45. The third kappa shape index (κ3) is 72.4. The monoisotopic (exact) mass is 1440 g/mol. The van der Waals surface area contributed by atoms with Gasteiger partial charge < -0.3 is 33.8 Å². The van der Waals surface area contributed by atoms with E-state index < -0.39 is 97.5 Å². The number of ether oxygens (including phenoxy) is 4. The van der Waals surface area contributed by atoms with Crippen molar-refractivity contribution in [3.05, 3.63) is 0 Å². The molecule has 0 amide bonds. The zero-order valence-electron chi connectivity index (χ0n) is 63.8. The molecule has 0 aromatic heterocycles. The van der Waals surface area contributed by atoms with E-state index in [-0.39, 0.29) is 25.7 Å². The van der Waals surface area contributed by atoms with Crippen LogP contribution in [0.2, 0.25) is 0 Å². The van der Waals surface area contributed by atoms with E-state index in [2.05, 4.69) is 27.7 Å². The van der Waals surface area contributed by atoms with E-state index in [0.717, 1.165) is 89.9 Å². The highest BCUT2D eigenvalue weighted by molar-refractivity contribution is 7.47. The van der Waals surface area contributed by atoms with Crippen LogP contribution in [0.1, 0.15) is 426 Å². The van der Waals surface area contributed by atoms with Crippen LogP contribution in [-0.4, -0.2) is 96.7 Å². The van der Waals surface area contributed by atoms with E-state index in [0.29, 0.717) is 25.7 Å². The number of hydrogen-bond donors (Lipinski definition) is 3. The first-order chi connectivity index (χ1) is 47.7. The Morgan fingerprint density at radius 3 is 0.602 bits per heavy atom. The second-order valence-electron chi connectivity index (χ2n) is 28.5. The Morgan fingerprint density at radius 2 is 0.408 bits per heavy atom. The minimum atomic E-state index is -4.96. The van der Waals surface area contributed by atoms with Crippen LogP contribution in [0.4, 0.5) is 0 Å². The first kappa shape index (κ1) is 96.1. The maximum Gasteiger partial charge on any atom is 0.472 e. The Morgan fingerprint density at radius 1 is 0.245 bits per heavy atom. The fourth-order valence-corrected chi connectivity index (χ4v) is 13.9. The van der Waals surface area contributed by atoms with Gasteiger partial charge in [-0.05, 0) is 25.7 Å². The predicted molar refractivity (Wildman–Crippen MR) is 400 cm³/mol. The summed E-state index contributed by atoms with van der Waals surface area (Å²) in [5.74, 6) is -2.11. The molecule has 0 aromatic rings. The van der Waals surface area contributed by atoms with Crippen molar-refractivity contribution >= 4 is 39.5 Å². The Hall–Kier alpha value is -1.94. The second-order valence-corrected chi connectivity index (χ2v) is 31.4. The van der Waals surface area contributed by atoms with Gasteiger partial charge >= 0.3 is 39.5 Å². The van der Waals surface area contributed by atoms with Gasteiger partial charge in [0.15, 0.2) is 12.2 Å². The Kier molecular flexibility index (Phi) is 71.9. The van der Waals surface area contributed by atoms with Crippen molar-refractivity contribution in [2.24, 2.45) is 0 Å². The van der Waals surface area contributed by atoms with Gasteiger partial charge in [-0.1, -0.05) is 374 Å². The molecule has 0 bridgehead atoms. The third-order valence-corrected chi connectivity index (χ3v) is 20.5. The van der Waals surface area contributed by atoms with Crippen molar-refractivity contribution in [3.63, 3.8) is 0 Å². The number of esters is 4. The maximum absolute atomic E-state index is 13.1. The SMILES string of the molecule is CCCCCCCCCCCCCCCCCCCCCCC(=O)O[C@H](COC(=O)CCCCCCCCCCCCCCCCCC)COP(=O)(O)OC[C@@H](O)COP(=O)(O)OC[C@@H](COC(=O)CCCCCCCCCC)OC(=O)CCCCCCCCCCCCCCCC. The predicted octanol–water partition coefficient (Wildman–Crippen LogP) is 23.8. The largest absolute Gasteiger partial charge is 0.472 e. The van der Waals surface area contributed by atoms with Gasteiger partial charge in [0.05, 0.1) is 26.4 Å². The van der Waals surface area contributed by atoms with E-state index in [1.165, 1.54) is 257 Å². The van der Waals surface area contributed by atoms with Crippen LogP contribution < -0.4 is 0 Å². The first-order valence-corrected chi connectivity index (χ1v) is 44.3. The molecule has 0 aliphatic rings. The van der Waals surface area contributed by atoms with E-state index in [4.69, 9.17) is 37.0 Å². The van der Waals surface area contributed by atoms with Crippen molar-refractivity contribution in [2.45, 2.75) is 444 Å². The topological polar surface area (TPSA) is 237 Å². The Labute approximate surface area is 600 Å². The fourth-order valence-electron chi connectivity index (χ4n) is 12.3. The van der Waals surface area contributed by atoms with Crippen LogP contribution in [0.15, 0.2) is 0 Å². The lowest BCUT2D eigenvalue weighted by Gasteiger charge is -2.21. The molecule has 0 fully saturated rings. The summed E-state index contributed by atoms with van der Waals surface area (Å²) in [6, 6.07) is 0. The van der Waals surface area contributed by atoms with E-state index >= 15 is 0 Å². The normalized spacial score (nSPS) is 13.8. The molecule has 0 aliphatic heterocycles. The van der Waals surface area contributed by atoms with Crippen molar-refractivity contribution in [3.8, 4) is 0 Å². The first-order valence-electron chi connectivity index (χ1n) is 41.3. The average Bonchev–Trinajstić information content (AvgIpc) is 0.981. The molecule has 0 heterocycles. The lowest BCUT2D eigenvalue weighted by molar-refractivity contribution is -0.161. The van der Waals surface area contributed by atoms with Gasteiger partial charge in [-0.3, -0.25) is 37.3 Å². The fraction of sp³-hybridized carbons (Fsp3) is 0.949. The molecular weight excluding hydrogens is 1280 g/mol. The number of phosphoric acid groups is 2. The van der Waals surface area contributed by atoms with Gasteiger partial charge in [0.2, 0.25) is 0 Å². The number of phosphoric ester groups is 2. The zero-order chi connectivity index (χ0) is 71.8. The maximum atomic E-state index is 13.1. The Bertz CT molecular complexity index is 1860. The molecule has 0 saturated carbocycles. The molecule has 5 atom stereocenters. The van der Waals surface area contributed by atoms with Crippen molar-refractivity contribution < 1.29 is 80.2 Å². The summed E-state index contributed by atoms with van der Waals surface area (Å²) in [6.45, 7) is 4.99. The summed E-state index contributed by atoms with van der Waals surface area (Å²) in [4.78, 5) is 72.8. The molecule has 17 nitrogen and oxygen atoms in total. The van der Waals surface area contributed by atoms with Crippen LogP contribution in [0.25, 0.3) is 0 Å². The molecular formula is C79H154O17P2. The van der Waals surface area contributed by atoms with Crippen molar-refractivity contribution in [2.75, 3.05) is 39.6 Å². The highest BCUT2D eigenvalue weighted by atomic mass is 31.2. The Balaban J connectivity index is 5.19. The number of rotatable bonds is 80. The number of aliphatic hydroxyl groups is 1. The molecule has 3 N–H and O–H groups in total. The van der Waals surface area contributed by atoms with Gasteiger partial charge in [-0.2, -0.15) is 0 Å². The molecule has 0 aromatic carbocycles. The number of carbonyl (C=O) groups is 4. The minimum absolute atomic E-state index is 0.108. The van der Waals surface area contributed by atoms with Crippen molar-refractivity contribution in [1.82, 2.24) is 0 Å². The van der Waals surface area contributed by atoms with Gasteiger partial charge in [0.1, 0.15) is 19.3 Å². The lowest BCUT2D eigenvalue weighted by atomic mass is 10.0. The lowest BCUT2D eigenvalue weighted by Crippen LogP contribution is -2.30. The summed E-state index contributed by atoms with van der Waals surface area (Å²) in [6.07, 6.45) is 65.3. The summed E-state index contributed by atoms with van der Waals surface area (Å²) >= 11 is 0. The van der Waals surface area contributed by atoms with Crippen LogP contribution in [0, 0.1) is 0 Å². The van der Waals surface area contributed by atoms with Gasteiger partial charge in [0.25, 0.3) is 0 Å². The van der Waals surface area contributed by atoms with E-state index in [9.17, 15) is 43.2 Å². The minimum Gasteiger partial charge on any atom is -0.462 e. The standard InChI is InChI=1S/C79H154O17P2/c1-5-9-13-17-21-25-28-31-34-36-37-38-39-41-44-47-50-54-58-62-66-79(84)96-75(70-90-77(82)64-60-56-52-48-45-43-40-35-32-29-26-22-18-14-10-6-2)72-94-98(87,88)92-68-73(80)67-91-97(85,86)93-71-74(69-89-76(81)63-59-55-51-24-20-16-12-8-4)95-78(83)65-61-57-53-49-46-42-33-30-27-23-19-15-11-7-3/h73-75,80H,5-72H2,1-4H3,(H,85,86)(H,87,88)/t73-,74+,75+/m0/s1. The highest BCUT2D eigenvalue weighted by Gasteiger charge is 2.30. The number of unbranched alkanes of at least 4 members (excludes halogenated alkanes) is 54. The summed E-state index contributed by atoms with van der Waals surface area (Å²) < 4.78 is 68.6. The molecule has 0 rings (SSSR count). The van der Waals surface area contributed by atoms with Crippen LogP contribution in [0.5, 0.6) is 0 Å². The number of carbonyl (C=O) groups excluding carboxylic acids is 4. The summed E-state index contributed by atoms with van der Waals surface area (Å²) in [5.41, 5.74) is 0. The molecule has 19 heteroatoms. The molecule has 0 saturated heterocycles. The van der Waals surface area contributed by atoms with Crippen molar-refractivity contribution in [1.29, 1.82) is 0 Å². The zero-order valence-corrected chi connectivity index (χ0v) is 65.6. The molecule has 0 radical (unpaired) electrons. The van der Waals surface area contributed by atoms with Crippen LogP contribution in [0.3, 0.4) is 0 Å². The van der Waals surface area contributed by atoms with E-state index in [1.807, 2.05) is 0 Å². The van der Waals surface area contributed by atoms with E-state index in [1.54, 1.807) is 0 Å². The second kappa shape index (κ2) is 73.4. The van der Waals surface area contributed by atoms with Gasteiger partial charge in [-0.15, -0.1) is 0 Å². The van der Waals surface area contributed by atoms with Crippen LogP contribution in [-0.2, 0) is 65.4 Å². The summed E-state index contributed by atoms with van der Waals surface area (Å²) in [5, 5.41) is 10.6.